The lowest BCUT2D eigenvalue weighted by atomic mass is 10.2. The summed E-state index contributed by atoms with van der Waals surface area (Å²) in [6, 6.07) is 10.9. The fourth-order valence-electron chi connectivity index (χ4n) is 2.69. The van der Waals surface area contributed by atoms with Crippen LogP contribution in [0.1, 0.15) is 23.7 Å². The number of benzene rings is 1. The molecule has 2 heterocycles. The molecule has 0 spiro atoms. The summed E-state index contributed by atoms with van der Waals surface area (Å²) in [4.78, 5) is 6.17. The second-order valence-electron chi connectivity index (χ2n) is 5.10. The summed E-state index contributed by atoms with van der Waals surface area (Å²) in [5.74, 6) is 1.66. The zero-order valence-electron chi connectivity index (χ0n) is 11.7. The van der Waals surface area contributed by atoms with Gasteiger partial charge in [-0.2, -0.15) is 0 Å². The molecule has 5 heteroatoms. The molecule has 0 saturated heterocycles. The van der Waals surface area contributed by atoms with Crippen LogP contribution in [0.4, 0.5) is 0 Å². The molecule has 110 valence electrons. The summed E-state index contributed by atoms with van der Waals surface area (Å²) in [6.07, 6.45) is 1.82. The lowest BCUT2D eigenvalue weighted by Crippen LogP contribution is -2.12. The Morgan fingerprint density at radius 1 is 1.38 bits per heavy atom. The van der Waals surface area contributed by atoms with Crippen molar-refractivity contribution in [2.75, 3.05) is 5.88 Å². The smallest absolute Gasteiger partial charge is 0.111 e. The molecule has 0 saturated carbocycles. The highest BCUT2D eigenvalue weighted by Gasteiger charge is 2.16. The summed E-state index contributed by atoms with van der Waals surface area (Å²) >= 11 is 11.3. The number of halogens is 2. The van der Waals surface area contributed by atoms with Crippen LogP contribution in [0.15, 0.2) is 40.2 Å². The number of hydrogen-bond acceptors (Lipinski definition) is 2. The van der Waals surface area contributed by atoms with Gasteiger partial charge in [-0.1, -0.05) is 22.0 Å². The summed E-state index contributed by atoms with van der Waals surface area (Å²) in [6.45, 7) is 2.25. The number of rotatable bonds is 5. The molecule has 0 aliphatic carbocycles. The van der Waals surface area contributed by atoms with E-state index in [2.05, 4.69) is 63.1 Å². The molecule has 0 aliphatic rings. The van der Waals surface area contributed by atoms with Gasteiger partial charge in [-0.25, -0.2) is 4.98 Å². The number of imidazole rings is 1. The quantitative estimate of drug-likeness (QED) is 0.536. The predicted octanol–water partition coefficient (Wildman–Crippen LogP) is 5.45. The van der Waals surface area contributed by atoms with Crippen molar-refractivity contribution in [2.45, 2.75) is 25.8 Å². The molecule has 2 nitrogen and oxygen atoms in total. The standard InChI is InChI=1S/C16H16BrClN2S/c1-11(9-13-3-2-8-21-13)20-15-5-4-12(17)10-14(15)19-16(20)6-7-18/h2-5,8,10-11H,6-7,9H2,1H3. The topological polar surface area (TPSA) is 17.8 Å². The molecule has 1 unspecified atom stereocenters. The van der Waals surface area contributed by atoms with Gasteiger partial charge >= 0.3 is 0 Å². The number of hydrogen-bond donors (Lipinski definition) is 0. The number of nitrogens with zero attached hydrogens (tertiary/aromatic N) is 2. The number of aromatic nitrogens is 2. The van der Waals surface area contributed by atoms with E-state index in [1.807, 2.05) is 11.3 Å². The third-order valence-electron chi connectivity index (χ3n) is 3.56. The predicted molar refractivity (Wildman–Crippen MR) is 94.6 cm³/mol. The van der Waals surface area contributed by atoms with Crippen molar-refractivity contribution in [2.24, 2.45) is 0 Å². The van der Waals surface area contributed by atoms with Crippen molar-refractivity contribution in [3.05, 3.63) is 50.9 Å². The normalized spacial score (nSPS) is 12.9. The first-order valence-corrected chi connectivity index (χ1v) is 9.14. The molecule has 0 N–H and O–H groups in total. The first-order chi connectivity index (χ1) is 10.2. The largest absolute Gasteiger partial charge is 0.325 e. The van der Waals surface area contributed by atoms with E-state index in [0.717, 1.165) is 28.7 Å². The maximum absolute atomic E-state index is 5.95. The van der Waals surface area contributed by atoms with Crippen molar-refractivity contribution in [3.8, 4) is 0 Å². The fraction of sp³-hybridized carbons (Fsp3) is 0.312. The second-order valence-corrected chi connectivity index (χ2v) is 7.43. The van der Waals surface area contributed by atoms with Crippen molar-refractivity contribution in [1.29, 1.82) is 0 Å². The van der Waals surface area contributed by atoms with E-state index in [1.54, 1.807) is 0 Å². The highest BCUT2D eigenvalue weighted by Crippen LogP contribution is 2.27. The molecule has 21 heavy (non-hydrogen) atoms. The lowest BCUT2D eigenvalue weighted by molar-refractivity contribution is 0.541. The third-order valence-corrected chi connectivity index (χ3v) is 5.14. The van der Waals surface area contributed by atoms with Gasteiger partial charge in [0.15, 0.2) is 0 Å². The van der Waals surface area contributed by atoms with E-state index in [4.69, 9.17) is 16.6 Å². The van der Waals surface area contributed by atoms with Gasteiger partial charge in [-0.3, -0.25) is 0 Å². The Labute approximate surface area is 141 Å². The number of fused-ring (bicyclic) bond motifs is 1. The summed E-state index contributed by atoms with van der Waals surface area (Å²) in [5, 5.41) is 2.13. The van der Waals surface area contributed by atoms with Gasteiger partial charge in [0.05, 0.1) is 11.0 Å². The minimum atomic E-state index is 0.369. The summed E-state index contributed by atoms with van der Waals surface area (Å²) < 4.78 is 3.40. The molecule has 3 aromatic rings. The molecule has 0 radical (unpaired) electrons. The molecular formula is C16H16BrClN2S. The molecule has 0 bridgehead atoms. The Hall–Kier alpha value is -0.840. The minimum Gasteiger partial charge on any atom is -0.325 e. The maximum atomic E-state index is 5.95. The highest BCUT2D eigenvalue weighted by atomic mass is 79.9. The van der Waals surface area contributed by atoms with Gasteiger partial charge in [0, 0.05) is 34.1 Å². The van der Waals surface area contributed by atoms with Crippen molar-refractivity contribution in [3.63, 3.8) is 0 Å². The second kappa shape index (κ2) is 6.51. The highest BCUT2D eigenvalue weighted by molar-refractivity contribution is 9.10. The molecule has 1 aromatic carbocycles. The molecule has 2 aromatic heterocycles. The van der Waals surface area contributed by atoms with Crippen LogP contribution in [0.25, 0.3) is 11.0 Å². The van der Waals surface area contributed by atoms with E-state index in [0.29, 0.717) is 11.9 Å². The number of aryl methyl sites for hydroxylation is 1. The number of thiophene rings is 1. The van der Waals surface area contributed by atoms with Crippen LogP contribution in [0.2, 0.25) is 0 Å². The van der Waals surface area contributed by atoms with E-state index in [9.17, 15) is 0 Å². The van der Waals surface area contributed by atoms with E-state index in [-0.39, 0.29) is 0 Å². The van der Waals surface area contributed by atoms with Gasteiger partial charge in [-0.05, 0) is 36.6 Å². The molecule has 3 rings (SSSR count). The maximum Gasteiger partial charge on any atom is 0.111 e. The minimum absolute atomic E-state index is 0.369. The van der Waals surface area contributed by atoms with E-state index < -0.39 is 0 Å². The van der Waals surface area contributed by atoms with Crippen molar-refractivity contribution >= 4 is 49.9 Å². The first-order valence-electron chi connectivity index (χ1n) is 6.93. The third kappa shape index (κ3) is 3.17. The van der Waals surface area contributed by atoms with Crippen LogP contribution < -0.4 is 0 Å². The monoisotopic (exact) mass is 382 g/mol. The van der Waals surface area contributed by atoms with Crippen LogP contribution in [0.5, 0.6) is 0 Å². The fourth-order valence-corrected chi connectivity index (χ4v) is 4.03. The zero-order chi connectivity index (χ0) is 14.8. The average molecular weight is 384 g/mol. The van der Waals surface area contributed by atoms with E-state index in [1.165, 1.54) is 10.4 Å². The molecule has 0 amide bonds. The Kier molecular flexibility index (Phi) is 4.67. The van der Waals surface area contributed by atoms with Gasteiger partial charge in [0.2, 0.25) is 0 Å². The molecule has 1 atom stereocenters. The van der Waals surface area contributed by atoms with Crippen LogP contribution in [0.3, 0.4) is 0 Å². The van der Waals surface area contributed by atoms with Crippen molar-refractivity contribution in [1.82, 2.24) is 9.55 Å². The Balaban J connectivity index is 2.03. The van der Waals surface area contributed by atoms with Gasteiger partial charge in [0.1, 0.15) is 5.82 Å². The van der Waals surface area contributed by atoms with Gasteiger partial charge < -0.3 is 4.57 Å². The summed E-state index contributed by atoms with van der Waals surface area (Å²) in [5.41, 5.74) is 2.21. The lowest BCUT2D eigenvalue weighted by Gasteiger charge is -2.17. The molecule has 0 fully saturated rings. The Morgan fingerprint density at radius 2 is 2.24 bits per heavy atom. The molecular weight excluding hydrogens is 368 g/mol. The Bertz CT molecular complexity index is 736. The SMILES string of the molecule is CC(Cc1cccs1)n1c(CCCl)nc2cc(Br)ccc21. The van der Waals surface area contributed by atoms with Gasteiger partial charge in [-0.15, -0.1) is 22.9 Å². The average Bonchev–Trinajstić information content (AvgIpc) is 3.05. The number of alkyl halides is 1. The van der Waals surface area contributed by atoms with Crippen LogP contribution in [0, 0.1) is 0 Å². The van der Waals surface area contributed by atoms with Gasteiger partial charge in [0.25, 0.3) is 0 Å². The first kappa shape index (κ1) is 15.1. The van der Waals surface area contributed by atoms with Crippen molar-refractivity contribution < 1.29 is 0 Å². The zero-order valence-corrected chi connectivity index (χ0v) is 14.9. The Morgan fingerprint density at radius 3 is 2.95 bits per heavy atom. The molecule has 0 aliphatic heterocycles. The summed E-state index contributed by atoms with van der Waals surface area (Å²) in [7, 11) is 0. The van der Waals surface area contributed by atoms with Crippen LogP contribution >= 0.6 is 38.9 Å². The van der Waals surface area contributed by atoms with Crippen LogP contribution in [-0.4, -0.2) is 15.4 Å². The van der Waals surface area contributed by atoms with Crippen LogP contribution in [-0.2, 0) is 12.8 Å². The van der Waals surface area contributed by atoms with E-state index >= 15 is 0 Å².